The Morgan fingerprint density at radius 3 is 2.67 bits per heavy atom. The molecule has 1 aromatic heterocycles. The number of H-pyrrole nitrogens is 1. The van der Waals surface area contributed by atoms with Crippen LogP contribution in [-0.2, 0) is 11.3 Å². The fraction of sp³-hybridized carbons (Fsp3) is 0.0714. The van der Waals surface area contributed by atoms with E-state index in [1.54, 1.807) is 30.5 Å². The molecular formula is C14H14N4O3. The number of carboxylic acids is 1. The van der Waals surface area contributed by atoms with E-state index in [2.05, 4.69) is 20.6 Å². The summed E-state index contributed by atoms with van der Waals surface area (Å²) in [4.78, 5) is 28.8. The smallest absolute Gasteiger partial charge is 0.328 e. The topological polar surface area (TPSA) is 107 Å². The first-order valence-electron chi connectivity index (χ1n) is 6.16. The van der Waals surface area contributed by atoms with Gasteiger partial charge in [0, 0.05) is 18.0 Å². The van der Waals surface area contributed by atoms with Crippen LogP contribution in [0.3, 0.4) is 0 Å². The minimum Gasteiger partial charge on any atom is -0.478 e. The van der Waals surface area contributed by atoms with Gasteiger partial charge < -0.3 is 20.7 Å². The van der Waals surface area contributed by atoms with E-state index in [1.165, 1.54) is 12.4 Å². The molecule has 0 bridgehead atoms. The summed E-state index contributed by atoms with van der Waals surface area (Å²) >= 11 is 0. The third-order valence-corrected chi connectivity index (χ3v) is 2.58. The Kier molecular flexibility index (Phi) is 4.70. The Labute approximate surface area is 120 Å². The van der Waals surface area contributed by atoms with Gasteiger partial charge in [0.15, 0.2) is 0 Å². The first kappa shape index (κ1) is 14.3. The number of anilines is 1. The summed E-state index contributed by atoms with van der Waals surface area (Å²) in [5.74, 6) is -1.00. The number of carboxylic acid groups (broad SMARTS) is 1. The lowest BCUT2D eigenvalue weighted by Crippen LogP contribution is -2.28. The van der Waals surface area contributed by atoms with E-state index in [4.69, 9.17) is 5.11 Å². The van der Waals surface area contributed by atoms with Crippen molar-refractivity contribution in [3.8, 4) is 0 Å². The maximum absolute atomic E-state index is 11.7. The second-order valence-electron chi connectivity index (χ2n) is 4.18. The molecule has 108 valence electrons. The highest BCUT2D eigenvalue weighted by molar-refractivity contribution is 5.89. The third-order valence-electron chi connectivity index (χ3n) is 2.58. The molecule has 0 aliphatic carbocycles. The molecule has 0 radical (unpaired) electrons. The summed E-state index contributed by atoms with van der Waals surface area (Å²) in [5.41, 5.74) is 2.16. The summed E-state index contributed by atoms with van der Waals surface area (Å²) < 4.78 is 0. The maximum atomic E-state index is 11.7. The molecule has 7 heteroatoms. The van der Waals surface area contributed by atoms with Crippen molar-refractivity contribution in [3.63, 3.8) is 0 Å². The minimum absolute atomic E-state index is 0.335. The molecule has 21 heavy (non-hydrogen) atoms. The van der Waals surface area contributed by atoms with Crippen molar-refractivity contribution in [1.29, 1.82) is 0 Å². The van der Waals surface area contributed by atoms with Crippen LogP contribution in [-0.4, -0.2) is 27.1 Å². The Morgan fingerprint density at radius 2 is 2.05 bits per heavy atom. The average Bonchev–Trinajstić information content (AvgIpc) is 2.98. The molecule has 0 atom stereocenters. The number of rotatable bonds is 5. The van der Waals surface area contributed by atoms with Crippen molar-refractivity contribution < 1.29 is 14.7 Å². The van der Waals surface area contributed by atoms with E-state index in [9.17, 15) is 9.59 Å². The molecule has 0 spiro atoms. The van der Waals surface area contributed by atoms with Crippen molar-refractivity contribution in [3.05, 3.63) is 54.1 Å². The molecule has 0 aliphatic rings. The van der Waals surface area contributed by atoms with Crippen LogP contribution in [0.15, 0.2) is 42.9 Å². The van der Waals surface area contributed by atoms with Crippen molar-refractivity contribution >= 4 is 23.8 Å². The van der Waals surface area contributed by atoms with Gasteiger partial charge in [0.25, 0.3) is 0 Å². The standard InChI is InChI=1S/C14H14N4O3/c19-13(20)6-3-10-1-4-11(5-2-10)18-14(21)16-8-12-7-15-9-17-12/h1-7,9H,8H2,(H,15,17)(H,19,20)(H2,16,18,21). The van der Waals surface area contributed by atoms with E-state index in [-0.39, 0.29) is 6.03 Å². The van der Waals surface area contributed by atoms with E-state index in [0.717, 1.165) is 17.3 Å². The number of hydrogen-bond donors (Lipinski definition) is 4. The lowest BCUT2D eigenvalue weighted by molar-refractivity contribution is -0.131. The normalized spacial score (nSPS) is 10.5. The molecule has 0 aliphatic heterocycles. The molecule has 2 aromatic rings. The molecule has 1 heterocycles. The molecule has 0 fully saturated rings. The van der Waals surface area contributed by atoms with Gasteiger partial charge in [-0.05, 0) is 23.8 Å². The van der Waals surface area contributed by atoms with Gasteiger partial charge in [-0.15, -0.1) is 0 Å². The second-order valence-corrected chi connectivity index (χ2v) is 4.18. The Hall–Kier alpha value is -3.09. The molecule has 4 N–H and O–H groups in total. The molecular weight excluding hydrogens is 272 g/mol. The van der Waals surface area contributed by atoms with Gasteiger partial charge in [0.2, 0.25) is 0 Å². The van der Waals surface area contributed by atoms with Gasteiger partial charge in [-0.3, -0.25) is 0 Å². The number of nitrogens with zero attached hydrogens (tertiary/aromatic N) is 1. The van der Waals surface area contributed by atoms with Crippen molar-refractivity contribution in [2.45, 2.75) is 6.54 Å². The number of aromatic amines is 1. The number of amides is 2. The SMILES string of the molecule is O=C(O)C=Cc1ccc(NC(=O)NCc2cnc[nH]2)cc1. The lowest BCUT2D eigenvalue weighted by Gasteiger charge is -2.06. The summed E-state index contributed by atoms with van der Waals surface area (Å²) in [6.45, 7) is 0.352. The van der Waals surface area contributed by atoms with Crippen molar-refractivity contribution in [1.82, 2.24) is 15.3 Å². The molecule has 0 saturated heterocycles. The Balaban J connectivity index is 1.85. The molecule has 1 aromatic carbocycles. The number of benzene rings is 1. The number of urea groups is 1. The van der Waals surface area contributed by atoms with Crippen LogP contribution >= 0.6 is 0 Å². The number of aromatic nitrogens is 2. The highest BCUT2D eigenvalue weighted by Crippen LogP contribution is 2.10. The number of imidazole rings is 1. The van der Waals surface area contributed by atoms with E-state index in [1.807, 2.05) is 0 Å². The van der Waals surface area contributed by atoms with Gasteiger partial charge in [0.05, 0.1) is 18.6 Å². The fourth-order valence-electron chi connectivity index (χ4n) is 1.58. The van der Waals surface area contributed by atoms with Crippen LogP contribution in [0.5, 0.6) is 0 Å². The van der Waals surface area contributed by atoms with Gasteiger partial charge in [-0.1, -0.05) is 12.1 Å². The fourth-order valence-corrected chi connectivity index (χ4v) is 1.58. The van der Waals surface area contributed by atoms with E-state index in [0.29, 0.717) is 12.2 Å². The number of carbonyl (C=O) groups is 2. The Morgan fingerprint density at radius 1 is 1.29 bits per heavy atom. The zero-order valence-electron chi connectivity index (χ0n) is 11.0. The monoisotopic (exact) mass is 286 g/mol. The van der Waals surface area contributed by atoms with Crippen LogP contribution in [0.2, 0.25) is 0 Å². The van der Waals surface area contributed by atoms with Crippen LogP contribution in [0.25, 0.3) is 6.08 Å². The highest BCUT2D eigenvalue weighted by atomic mass is 16.4. The molecule has 7 nitrogen and oxygen atoms in total. The minimum atomic E-state index is -1.00. The van der Waals surface area contributed by atoms with Gasteiger partial charge in [-0.25, -0.2) is 14.6 Å². The summed E-state index contributed by atoms with van der Waals surface area (Å²) in [6, 6.07) is 6.47. The van der Waals surface area contributed by atoms with E-state index < -0.39 is 5.97 Å². The number of nitrogens with one attached hydrogen (secondary N) is 3. The predicted molar refractivity (Wildman–Crippen MR) is 77.6 cm³/mol. The molecule has 0 saturated carbocycles. The van der Waals surface area contributed by atoms with Crippen LogP contribution in [0.1, 0.15) is 11.3 Å². The Bertz CT molecular complexity index is 633. The third kappa shape index (κ3) is 4.83. The zero-order chi connectivity index (χ0) is 15.1. The first-order chi connectivity index (χ1) is 10.1. The van der Waals surface area contributed by atoms with Crippen LogP contribution < -0.4 is 10.6 Å². The largest absolute Gasteiger partial charge is 0.478 e. The highest BCUT2D eigenvalue weighted by Gasteiger charge is 2.02. The summed E-state index contributed by atoms with van der Waals surface area (Å²) in [7, 11) is 0. The summed E-state index contributed by atoms with van der Waals surface area (Å²) in [5, 5.41) is 13.9. The van der Waals surface area contributed by atoms with Gasteiger partial charge >= 0.3 is 12.0 Å². The number of carbonyl (C=O) groups excluding carboxylic acids is 1. The molecule has 2 rings (SSSR count). The quantitative estimate of drug-likeness (QED) is 0.629. The first-order valence-corrected chi connectivity index (χ1v) is 6.16. The van der Waals surface area contributed by atoms with Crippen LogP contribution in [0, 0.1) is 0 Å². The molecule has 2 amide bonds. The summed E-state index contributed by atoms with van der Waals surface area (Å²) in [6.07, 6.45) is 5.70. The maximum Gasteiger partial charge on any atom is 0.328 e. The zero-order valence-corrected chi connectivity index (χ0v) is 11.0. The van der Waals surface area contributed by atoms with E-state index >= 15 is 0 Å². The van der Waals surface area contributed by atoms with Crippen molar-refractivity contribution in [2.24, 2.45) is 0 Å². The number of aliphatic carboxylic acids is 1. The van der Waals surface area contributed by atoms with Crippen LogP contribution in [0.4, 0.5) is 10.5 Å². The van der Waals surface area contributed by atoms with Crippen molar-refractivity contribution in [2.75, 3.05) is 5.32 Å². The number of hydrogen-bond acceptors (Lipinski definition) is 3. The average molecular weight is 286 g/mol. The second kappa shape index (κ2) is 6.90. The predicted octanol–water partition coefficient (Wildman–Crippen LogP) is 1.83. The lowest BCUT2D eigenvalue weighted by atomic mass is 10.2. The molecule has 0 unspecified atom stereocenters. The van der Waals surface area contributed by atoms with Gasteiger partial charge in [0.1, 0.15) is 0 Å². The van der Waals surface area contributed by atoms with Gasteiger partial charge in [-0.2, -0.15) is 0 Å².